The van der Waals surface area contributed by atoms with E-state index in [1.54, 1.807) is 7.11 Å². The number of rotatable bonds is 6. The molecule has 6 heteroatoms. The van der Waals surface area contributed by atoms with Crippen molar-refractivity contribution >= 4 is 0 Å². The molecule has 0 spiro atoms. The Morgan fingerprint density at radius 1 is 1.04 bits per heavy atom. The van der Waals surface area contributed by atoms with Crippen molar-refractivity contribution in [3.05, 3.63) is 77.6 Å². The number of methoxy groups -OCH3 is 1. The van der Waals surface area contributed by atoms with Crippen LogP contribution < -0.4 is 4.74 Å². The highest BCUT2D eigenvalue weighted by Gasteiger charge is 2.29. The fourth-order valence-electron chi connectivity index (χ4n) is 3.18. The molecular weight excluding hydrogens is 328 g/mol. The molecule has 2 aromatic carbocycles. The minimum absolute atomic E-state index is 0.151. The van der Waals surface area contributed by atoms with Crippen LogP contribution in [0.5, 0.6) is 5.75 Å². The summed E-state index contributed by atoms with van der Waals surface area (Å²) in [6.45, 7) is 3.09. The maximum atomic E-state index is 5.92. The van der Waals surface area contributed by atoms with Crippen molar-refractivity contribution in [2.45, 2.75) is 19.3 Å². The first kappa shape index (κ1) is 16.8. The van der Waals surface area contributed by atoms with Gasteiger partial charge in [0.05, 0.1) is 26.5 Å². The maximum Gasteiger partial charge on any atom is 0.157 e. The van der Waals surface area contributed by atoms with E-state index in [4.69, 9.17) is 9.47 Å². The smallest absolute Gasteiger partial charge is 0.157 e. The lowest BCUT2D eigenvalue weighted by Crippen LogP contribution is -2.23. The van der Waals surface area contributed by atoms with Crippen LogP contribution in [0.15, 0.2) is 60.8 Å². The SMILES string of the molecule is COc1ccc(CN2CCO[C@H]2c2cn(Cc3ccccc3)nn2)cc1. The van der Waals surface area contributed by atoms with Gasteiger partial charge in [0.15, 0.2) is 6.23 Å². The Bertz CT molecular complexity index is 833. The average molecular weight is 350 g/mol. The van der Waals surface area contributed by atoms with Gasteiger partial charge in [-0.15, -0.1) is 5.10 Å². The van der Waals surface area contributed by atoms with Crippen molar-refractivity contribution in [2.75, 3.05) is 20.3 Å². The van der Waals surface area contributed by atoms with Crippen LogP contribution in [0.4, 0.5) is 0 Å². The summed E-state index contributed by atoms with van der Waals surface area (Å²) in [4.78, 5) is 2.28. The molecule has 1 fully saturated rings. The minimum atomic E-state index is -0.151. The van der Waals surface area contributed by atoms with Crippen molar-refractivity contribution in [3.63, 3.8) is 0 Å². The fourth-order valence-corrected chi connectivity index (χ4v) is 3.18. The summed E-state index contributed by atoms with van der Waals surface area (Å²) in [7, 11) is 1.68. The first-order valence-electron chi connectivity index (χ1n) is 8.74. The van der Waals surface area contributed by atoms with Gasteiger partial charge in [-0.3, -0.25) is 4.90 Å². The standard InChI is InChI=1S/C20H22N4O2/c1-25-18-9-7-17(8-10-18)13-23-11-12-26-20(23)19-15-24(22-21-19)14-16-5-3-2-4-6-16/h2-10,15,20H,11-14H2,1H3/t20-/m0/s1. The van der Waals surface area contributed by atoms with Crippen LogP contribution in [0.25, 0.3) is 0 Å². The fraction of sp³-hybridized carbons (Fsp3) is 0.300. The molecular formula is C20H22N4O2. The molecule has 1 saturated heterocycles. The third-order valence-electron chi connectivity index (χ3n) is 4.53. The topological polar surface area (TPSA) is 52.4 Å². The number of aromatic nitrogens is 3. The van der Waals surface area contributed by atoms with Gasteiger partial charge < -0.3 is 9.47 Å². The van der Waals surface area contributed by atoms with Crippen LogP contribution in [0.1, 0.15) is 23.0 Å². The average Bonchev–Trinajstić information content (AvgIpc) is 3.32. The van der Waals surface area contributed by atoms with E-state index in [1.807, 2.05) is 41.2 Å². The van der Waals surface area contributed by atoms with Gasteiger partial charge in [-0.2, -0.15) is 0 Å². The third-order valence-corrected chi connectivity index (χ3v) is 4.53. The van der Waals surface area contributed by atoms with E-state index in [9.17, 15) is 0 Å². The lowest BCUT2D eigenvalue weighted by molar-refractivity contribution is 0.0252. The molecule has 4 rings (SSSR count). The molecule has 1 aliphatic rings. The number of hydrogen-bond acceptors (Lipinski definition) is 5. The Hall–Kier alpha value is -2.70. The minimum Gasteiger partial charge on any atom is -0.497 e. The van der Waals surface area contributed by atoms with E-state index < -0.39 is 0 Å². The highest BCUT2D eigenvalue weighted by Crippen LogP contribution is 2.27. The van der Waals surface area contributed by atoms with Crippen molar-refractivity contribution in [3.8, 4) is 5.75 Å². The van der Waals surface area contributed by atoms with E-state index >= 15 is 0 Å². The highest BCUT2D eigenvalue weighted by molar-refractivity contribution is 5.27. The number of benzene rings is 2. The van der Waals surface area contributed by atoms with Crippen LogP contribution in [-0.4, -0.2) is 40.2 Å². The van der Waals surface area contributed by atoms with Crippen molar-refractivity contribution < 1.29 is 9.47 Å². The molecule has 3 aromatic rings. The maximum absolute atomic E-state index is 5.92. The summed E-state index contributed by atoms with van der Waals surface area (Å²) in [5.74, 6) is 0.867. The molecule has 2 heterocycles. The molecule has 1 atom stereocenters. The summed E-state index contributed by atoms with van der Waals surface area (Å²) in [5, 5.41) is 8.60. The van der Waals surface area contributed by atoms with Gasteiger partial charge in [0, 0.05) is 13.1 Å². The zero-order valence-electron chi connectivity index (χ0n) is 14.8. The van der Waals surface area contributed by atoms with Crippen LogP contribution in [0.3, 0.4) is 0 Å². The van der Waals surface area contributed by atoms with Gasteiger partial charge in [0.2, 0.25) is 0 Å². The van der Waals surface area contributed by atoms with E-state index in [2.05, 4.69) is 39.5 Å². The Morgan fingerprint density at radius 2 is 1.81 bits per heavy atom. The van der Waals surface area contributed by atoms with Crippen molar-refractivity contribution in [2.24, 2.45) is 0 Å². The van der Waals surface area contributed by atoms with Crippen LogP contribution in [0, 0.1) is 0 Å². The summed E-state index contributed by atoms with van der Waals surface area (Å²) >= 11 is 0. The second kappa shape index (κ2) is 7.68. The summed E-state index contributed by atoms with van der Waals surface area (Å²) < 4.78 is 13.0. The lowest BCUT2D eigenvalue weighted by Gasteiger charge is -2.21. The molecule has 0 aliphatic carbocycles. The predicted octanol–water partition coefficient (Wildman–Crippen LogP) is 2.87. The van der Waals surface area contributed by atoms with Gasteiger partial charge in [-0.25, -0.2) is 4.68 Å². The quantitative estimate of drug-likeness (QED) is 0.684. The van der Waals surface area contributed by atoms with E-state index in [0.717, 1.165) is 24.5 Å². The largest absolute Gasteiger partial charge is 0.497 e. The van der Waals surface area contributed by atoms with Crippen LogP contribution in [0.2, 0.25) is 0 Å². The van der Waals surface area contributed by atoms with Crippen molar-refractivity contribution in [1.82, 2.24) is 19.9 Å². The van der Waals surface area contributed by atoms with E-state index in [-0.39, 0.29) is 6.23 Å². The van der Waals surface area contributed by atoms with Gasteiger partial charge >= 0.3 is 0 Å². The summed E-state index contributed by atoms with van der Waals surface area (Å²) in [6.07, 6.45) is 1.82. The Balaban J connectivity index is 1.44. The molecule has 0 radical (unpaired) electrons. The lowest BCUT2D eigenvalue weighted by atomic mass is 10.2. The monoisotopic (exact) mass is 350 g/mol. The number of ether oxygens (including phenoxy) is 2. The van der Waals surface area contributed by atoms with Gasteiger partial charge in [-0.05, 0) is 23.3 Å². The molecule has 134 valence electrons. The Labute approximate surface area is 153 Å². The van der Waals surface area contributed by atoms with Crippen LogP contribution >= 0.6 is 0 Å². The third kappa shape index (κ3) is 3.76. The second-order valence-corrected chi connectivity index (χ2v) is 6.37. The molecule has 26 heavy (non-hydrogen) atoms. The molecule has 1 aromatic heterocycles. The zero-order valence-corrected chi connectivity index (χ0v) is 14.8. The summed E-state index contributed by atoms with van der Waals surface area (Å²) in [5.41, 5.74) is 3.27. The second-order valence-electron chi connectivity index (χ2n) is 6.37. The van der Waals surface area contributed by atoms with Gasteiger partial charge in [-0.1, -0.05) is 47.7 Å². The van der Waals surface area contributed by atoms with Gasteiger partial charge in [0.25, 0.3) is 0 Å². The van der Waals surface area contributed by atoms with Gasteiger partial charge in [0.1, 0.15) is 11.4 Å². The highest BCUT2D eigenvalue weighted by atomic mass is 16.5. The molecule has 0 unspecified atom stereocenters. The first-order chi connectivity index (χ1) is 12.8. The Kier molecular flexibility index (Phi) is 4.95. The van der Waals surface area contributed by atoms with Crippen molar-refractivity contribution in [1.29, 1.82) is 0 Å². The zero-order chi connectivity index (χ0) is 17.8. The first-order valence-corrected chi connectivity index (χ1v) is 8.74. The number of nitrogens with zero attached hydrogens (tertiary/aromatic N) is 4. The summed E-state index contributed by atoms with van der Waals surface area (Å²) in [6, 6.07) is 18.4. The van der Waals surface area contributed by atoms with E-state index in [1.165, 1.54) is 11.1 Å². The Morgan fingerprint density at radius 3 is 2.58 bits per heavy atom. The molecule has 0 N–H and O–H groups in total. The van der Waals surface area contributed by atoms with E-state index in [0.29, 0.717) is 13.2 Å². The molecule has 0 bridgehead atoms. The molecule has 6 nitrogen and oxygen atoms in total. The molecule has 1 aliphatic heterocycles. The predicted molar refractivity (Wildman–Crippen MR) is 97.7 cm³/mol. The number of hydrogen-bond donors (Lipinski definition) is 0. The normalized spacial score (nSPS) is 17.5. The molecule has 0 amide bonds. The van der Waals surface area contributed by atoms with Crippen LogP contribution in [-0.2, 0) is 17.8 Å². The molecule has 0 saturated carbocycles.